The van der Waals surface area contributed by atoms with Crippen LogP contribution in [0.25, 0.3) is 0 Å². The Morgan fingerprint density at radius 2 is 1.00 bits per heavy atom. The van der Waals surface area contributed by atoms with Gasteiger partial charge in [-0.05, 0) is 27.7 Å². The largest absolute Gasteiger partial charge is 0.466 e. The van der Waals surface area contributed by atoms with E-state index in [0.29, 0.717) is 13.2 Å². The van der Waals surface area contributed by atoms with Gasteiger partial charge >= 0.3 is 94.4 Å². The maximum atomic E-state index is 10.4. The van der Waals surface area contributed by atoms with Gasteiger partial charge < -0.3 is 9.47 Å². The second-order valence-electron chi connectivity index (χ2n) is 5.85. The van der Waals surface area contributed by atoms with Crippen molar-refractivity contribution in [1.82, 2.24) is 0 Å². The van der Waals surface area contributed by atoms with Crippen LogP contribution >= 0.6 is 0 Å². The van der Waals surface area contributed by atoms with Gasteiger partial charge in [-0.2, -0.15) is 0 Å². The van der Waals surface area contributed by atoms with E-state index in [2.05, 4.69) is 23.3 Å². The summed E-state index contributed by atoms with van der Waals surface area (Å²) in [6, 6.07) is 0. The van der Waals surface area contributed by atoms with Crippen molar-refractivity contribution in [3.8, 4) is 0 Å². The second-order valence-corrected chi connectivity index (χ2v) is 7.68. The molecule has 0 amide bonds. The van der Waals surface area contributed by atoms with E-state index in [-0.39, 0.29) is 24.4 Å². The van der Waals surface area contributed by atoms with Gasteiger partial charge in [-0.25, -0.2) is 0 Å². The number of unbranched alkanes of at least 4 members (excludes halogenated alkanes) is 2. The van der Waals surface area contributed by atoms with Gasteiger partial charge in [-0.1, -0.05) is 0 Å². The Bertz CT molecular complexity index is 389. The summed E-state index contributed by atoms with van der Waals surface area (Å²) in [5.41, 5.74) is 0. The van der Waals surface area contributed by atoms with E-state index in [0.717, 1.165) is 13.2 Å². The van der Waals surface area contributed by atoms with Crippen LogP contribution < -0.4 is 0 Å². The average Bonchev–Trinajstić information content (AvgIpc) is 2.61. The molecule has 0 aliphatic carbocycles. The molecule has 8 nitrogen and oxygen atoms in total. The van der Waals surface area contributed by atoms with E-state index in [1.54, 1.807) is 13.8 Å². The van der Waals surface area contributed by atoms with Crippen LogP contribution in [0.4, 0.5) is 0 Å². The third kappa shape index (κ3) is 38.3. The standard InChI is InChI=1S/2C6H10O3.2C4H9O.Zr/c2*1-3-9-6(8)4-5(2)7;2*1-2-3-4-5;/h2*3-4H2,1-2H3;2*2-4H2,1H3;/q;;2*-1;+2. The van der Waals surface area contributed by atoms with Crippen molar-refractivity contribution in [3.63, 3.8) is 0 Å². The summed E-state index contributed by atoms with van der Waals surface area (Å²) in [6.07, 6.45) is 4.58. The SMILES string of the molecule is CCCC[O][Zr][O]CCCC.CCOC(=O)CC(C)=O.CCOC(=O)CC(C)=O. The predicted octanol–water partition coefficient (Wildman–Crippen LogP) is 3.59. The molecule has 0 radical (unpaired) electrons. The normalized spacial score (nSPS) is 9.17. The third-order valence-corrected chi connectivity index (χ3v) is 4.30. The maximum absolute atomic E-state index is 10.4. The van der Waals surface area contributed by atoms with Gasteiger partial charge in [-0.15, -0.1) is 0 Å². The summed E-state index contributed by atoms with van der Waals surface area (Å²) < 4.78 is 19.7. The van der Waals surface area contributed by atoms with E-state index >= 15 is 0 Å². The number of hydrogen-bond acceptors (Lipinski definition) is 8. The fourth-order valence-corrected chi connectivity index (χ4v) is 2.71. The Kier molecular flexibility index (Phi) is 30.6. The van der Waals surface area contributed by atoms with Crippen LogP contribution in [0.2, 0.25) is 0 Å². The van der Waals surface area contributed by atoms with Gasteiger partial charge in [0.15, 0.2) is 0 Å². The topological polar surface area (TPSA) is 105 Å². The molecule has 9 heteroatoms. The Morgan fingerprint density at radius 3 is 1.24 bits per heavy atom. The molecule has 0 atom stereocenters. The van der Waals surface area contributed by atoms with Gasteiger partial charge in [-0.3, -0.25) is 19.2 Å². The maximum Gasteiger partial charge on any atom is 0.313 e. The molecule has 0 spiro atoms. The Hall–Kier alpha value is -0.917. The zero-order valence-electron chi connectivity index (χ0n) is 18.8. The van der Waals surface area contributed by atoms with Crippen LogP contribution in [-0.2, 0) is 58.4 Å². The van der Waals surface area contributed by atoms with Crippen molar-refractivity contribution < 1.29 is 58.4 Å². The fraction of sp³-hybridized carbons (Fsp3) is 0.800. The number of carbonyl (C=O) groups excluding carboxylic acids is 4. The number of ketones is 2. The summed E-state index contributed by atoms with van der Waals surface area (Å²) in [7, 11) is 0. The number of esters is 2. The first-order valence-corrected chi connectivity index (χ1v) is 12.0. The monoisotopic (exact) mass is 496 g/mol. The zero-order valence-corrected chi connectivity index (χ0v) is 21.3. The first kappa shape index (κ1) is 32.7. The minimum Gasteiger partial charge on any atom is -0.466 e. The smallest absolute Gasteiger partial charge is 0.313 e. The predicted molar refractivity (Wildman–Crippen MR) is 106 cm³/mol. The molecule has 0 aliphatic heterocycles. The van der Waals surface area contributed by atoms with Crippen molar-refractivity contribution in [2.24, 2.45) is 0 Å². The molecule has 0 aromatic heterocycles. The van der Waals surface area contributed by atoms with Gasteiger partial charge in [0, 0.05) is 0 Å². The first-order chi connectivity index (χ1) is 13.7. The molecule has 0 aromatic carbocycles. The molecule has 0 rings (SSSR count). The fourth-order valence-electron chi connectivity index (χ4n) is 1.39. The molecule has 0 aromatic rings. The van der Waals surface area contributed by atoms with Crippen molar-refractivity contribution >= 4 is 23.5 Å². The van der Waals surface area contributed by atoms with Crippen LogP contribution in [0.3, 0.4) is 0 Å². The number of rotatable bonds is 14. The summed E-state index contributed by atoms with van der Waals surface area (Å²) in [5.74, 6) is -1.20. The Labute approximate surface area is 188 Å². The summed E-state index contributed by atoms with van der Waals surface area (Å²) >= 11 is -0.876. The van der Waals surface area contributed by atoms with Gasteiger partial charge in [0.2, 0.25) is 0 Å². The van der Waals surface area contributed by atoms with Crippen LogP contribution in [0.1, 0.15) is 80.1 Å². The molecule has 0 heterocycles. The minimum absolute atomic E-state index is 0.103. The minimum atomic E-state index is -0.876. The first-order valence-electron chi connectivity index (χ1n) is 10.0. The zero-order chi connectivity index (χ0) is 22.9. The number of hydrogen-bond donors (Lipinski definition) is 0. The Morgan fingerprint density at radius 1 is 0.655 bits per heavy atom. The summed E-state index contributed by atoms with van der Waals surface area (Å²) in [5, 5.41) is 0. The molecule has 0 unspecified atom stereocenters. The molecule has 0 aliphatic rings. The molecule has 170 valence electrons. The van der Waals surface area contributed by atoms with E-state index in [4.69, 9.17) is 5.63 Å². The molecular weight excluding hydrogens is 459 g/mol. The van der Waals surface area contributed by atoms with E-state index in [9.17, 15) is 19.2 Å². The van der Waals surface area contributed by atoms with Crippen molar-refractivity contribution in [2.45, 2.75) is 80.1 Å². The van der Waals surface area contributed by atoms with Crippen molar-refractivity contribution in [3.05, 3.63) is 0 Å². The van der Waals surface area contributed by atoms with Crippen molar-refractivity contribution in [1.29, 1.82) is 0 Å². The number of Topliss-reactive ketones (excluding diaryl/α,β-unsaturated/α-hetero) is 2. The van der Waals surface area contributed by atoms with E-state index in [1.807, 2.05) is 0 Å². The van der Waals surface area contributed by atoms with Crippen LogP contribution in [-0.4, -0.2) is 49.9 Å². The molecule has 0 N–H and O–H groups in total. The summed E-state index contributed by atoms with van der Waals surface area (Å²) in [6.45, 7) is 13.0. The molecule has 0 fully saturated rings. The Balaban J connectivity index is -0.000000352. The molecular formula is C20H38O8Zr. The van der Waals surface area contributed by atoms with Crippen LogP contribution in [0.5, 0.6) is 0 Å². The van der Waals surface area contributed by atoms with E-state index < -0.39 is 36.1 Å². The molecule has 0 saturated heterocycles. The van der Waals surface area contributed by atoms with Crippen LogP contribution in [0.15, 0.2) is 0 Å². The molecule has 0 bridgehead atoms. The second kappa shape index (κ2) is 27.1. The van der Waals surface area contributed by atoms with Gasteiger partial charge in [0.1, 0.15) is 24.4 Å². The molecule has 0 saturated carbocycles. The molecule has 29 heavy (non-hydrogen) atoms. The van der Waals surface area contributed by atoms with E-state index in [1.165, 1.54) is 39.5 Å². The van der Waals surface area contributed by atoms with Crippen molar-refractivity contribution in [2.75, 3.05) is 26.4 Å². The van der Waals surface area contributed by atoms with Gasteiger partial charge in [0.25, 0.3) is 0 Å². The third-order valence-electron chi connectivity index (χ3n) is 2.71. The van der Waals surface area contributed by atoms with Crippen LogP contribution in [0, 0.1) is 0 Å². The number of carbonyl (C=O) groups is 4. The summed E-state index contributed by atoms with van der Waals surface area (Å²) in [4.78, 5) is 41.3. The average molecular weight is 498 g/mol. The van der Waals surface area contributed by atoms with Gasteiger partial charge in [0.05, 0.1) is 13.2 Å². The quantitative estimate of drug-likeness (QED) is 0.204. The number of ether oxygens (including phenoxy) is 2.